The Morgan fingerprint density at radius 1 is 1.03 bits per heavy atom. The molecule has 0 unspecified atom stereocenters. The zero-order chi connectivity index (χ0) is 24.2. The molecule has 3 rings (SSSR count). The zero-order valence-corrected chi connectivity index (χ0v) is 20.8. The molecule has 2 fully saturated rings. The first-order chi connectivity index (χ1) is 15.7. The van der Waals surface area contributed by atoms with Crippen LogP contribution >= 0.6 is 0 Å². The minimum atomic E-state index is -3.73. The van der Waals surface area contributed by atoms with Gasteiger partial charge in [0.05, 0.1) is 13.7 Å². The Balaban J connectivity index is 1.61. The third kappa shape index (κ3) is 5.60. The van der Waals surface area contributed by atoms with Crippen LogP contribution in [0.25, 0.3) is 0 Å². The van der Waals surface area contributed by atoms with Crippen molar-refractivity contribution in [2.75, 3.05) is 53.0 Å². The molecule has 2 saturated heterocycles. The average molecular weight is 482 g/mol. The maximum Gasteiger partial charge on any atom is 0.409 e. The Hall–Kier alpha value is -2.33. The van der Waals surface area contributed by atoms with Crippen molar-refractivity contribution in [1.29, 1.82) is 0 Å². The molecule has 184 valence electrons. The summed E-state index contributed by atoms with van der Waals surface area (Å²) in [6.07, 6.45) is 0.602. The van der Waals surface area contributed by atoms with E-state index < -0.39 is 10.0 Å². The topological polar surface area (TPSA) is 96.5 Å². The van der Waals surface area contributed by atoms with Crippen LogP contribution in [0.5, 0.6) is 5.75 Å². The van der Waals surface area contributed by atoms with Crippen molar-refractivity contribution in [3.05, 3.63) is 23.8 Å². The maximum absolute atomic E-state index is 13.4. The van der Waals surface area contributed by atoms with Gasteiger partial charge in [-0.05, 0) is 43.4 Å². The van der Waals surface area contributed by atoms with Gasteiger partial charge < -0.3 is 19.3 Å². The molecule has 0 bridgehead atoms. The molecule has 0 aliphatic carbocycles. The fourth-order valence-electron chi connectivity index (χ4n) is 4.32. The highest BCUT2D eigenvalue weighted by molar-refractivity contribution is 7.89. The number of hydrogen-bond donors (Lipinski definition) is 0. The number of rotatable bonds is 6. The maximum atomic E-state index is 13.4. The van der Waals surface area contributed by atoms with Gasteiger partial charge >= 0.3 is 6.09 Å². The minimum absolute atomic E-state index is 0.0370. The van der Waals surface area contributed by atoms with Gasteiger partial charge in [-0.2, -0.15) is 4.31 Å². The summed E-state index contributed by atoms with van der Waals surface area (Å²) in [6.45, 7) is 8.53. The van der Waals surface area contributed by atoms with E-state index in [0.29, 0.717) is 51.4 Å². The molecular formula is C23H35N3O6S. The van der Waals surface area contributed by atoms with Crippen molar-refractivity contribution < 1.29 is 27.5 Å². The molecule has 10 heteroatoms. The predicted molar refractivity (Wildman–Crippen MR) is 124 cm³/mol. The number of nitrogens with zero attached hydrogens (tertiary/aromatic N) is 3. The van der Waals surface area contributed by atoms with Gasteiger partial charge in [0.2, 0.25) is 15.9 Å². The summed E-state index contributed by atoms with van der Waals surface area (Å²) in [4.78, 5) is 28.4. The van der Waals surface area contributed by atoms with E-state index in [9.17, 15) is 18.0 Å². The fraction of sp³-hybridized carbons (Fsp3) is 0.652. The number of ether oxygens (including phenoxy) is 2. The molecule has 2 heterocycles. The zero-order valence-electron chi connectivity index (χ0n) is 20.0. The van der Waals surface area contributed by atoms with Crippen LogP contribution in [-0.4, -0.2) is 87.5 Å². The van der Waals surface area contributed by atoms with E-state index in [-0.39, 0.29) is 41.8 Å². The SMILES string of the molecule is CCOC(=O)N1CCN(C(=O)C2CCN(S(=O)(=O)c3cc(C(C)C)ccc3OC)CC2)CC1. The molecule has 9 nitrogen and oxygen atoms in total. The summed E-state index contributed by atoms with van der Waals surface area (Å²) in [5.41, 5.74) is 0.932. The molecule has 0 aromatic heterocycles. The number of hydrogen-bond acceptors (Lipinski definition) is 6. The summed E-state index contributed by atoms with van der Waals surface area (Å²) in [7, 11) is -2.26. The molecule has 0 atom stereocenters. The third-order valence-electron chi connectivity index (χ3n) is 6.39. The Labute approximate surface area is 196 Å². The second-order valence-electron chi connectivity index (χ2n) is 8.75. The number of carbonyl (C=O) groups excluding carboxylic acids is 2. The molecule has 1 aromatic carbocycles. The molecule has 2 amide bonds. The van der Waals surface area contributed by atoms with Crippen molar-refractivity contribution in [1.82, 2.24) is 14.1 Å². The summed E-state index contributed by atoms with van der Waals surface area (Å²) in [5, 5.41) is 0. The molecule has 2 aliphatic heterocycles. The number of benzene rings is 1. The average Bonchev–Trinajstić information content (AvgIpc) is 2.83. The number of piperazine rings is 1. The van der Waals surface area contributed by atoms with Crippen LogP contribution in [0, 0.1) is 5.92 Å². The van der Waals surface area contributed by atoms with Gasteiger partial charge in [-0.25, -0.2) is 13.2 Å². The number of carbonyl (C=O) groups is 2. The first-order valence-electron chi connectivity index (χ1n) is 11.6. The van der Waals surface area contributed by atoms with Gasteiger partial charge in [0.15, 0.2) is 0 Å². The van der Waals surface area contributed by atoms with E-state index in [1.807, 2.05) is 19.9 Å². The standard InChI is InChI=1S/C23H35N3O6S/c1-5-32-23(28)25-14-12-24(13-15-25)22(27)18-8-10-26(11-9-18)33(29,30)21-16-19(17(2)3)6-7-20(21)31-4/h6-7,16-18H,5,8-15H2,1-4H3. The van der Waals surface area contributed by atoms with Crippen LogP contribution in [0.15, 0.2) is 23.1 Å². The van der Waals surface area contributed by atoms with Crippen LogP contribution < -0.4 is 4.74 Å². The highest BCUT2D eigenvalue weighted by Gasteiger charge is 2.36. The lowest BCUT2D eigenvalue weighted by Gasteiger charge is -2.38. The largest absolute Gasteiger partial charge is 0.495 e. The second kappa shape index (κ2) is 10.7. The molecule has 0 saturated carbocycles. The molecule has 0 N–H and O–H groups in total. The van der Waals surface area contributed by atoms with Gasteiger partial charge in [0, 0.05) is 45.2 Å². The summed E-state index contributed by atoms with van der Waals surface area (Å²) in [6, 6.07) is 5.28. The molecule has 1 aromatic rings. The molecule has 2 aliphatic rings. The normalized spacial score (nSPS) is 18.5. The molecular weight excluding hydrogens is 446 g/mol. The van der Waals surface area contributed by atoms with Crippen molar-refractivity contribution in [3.63, 3.8) is 0 Å². The van der Waals surface area contributed by atoms with Crippen molar-refractivity contribution in [3.8, 4) is 5.75 Å². The van der Waals surface area contributed by atoms with Crippen LogP contribution in [0.3, 0.4) is 0 Å². The quantitative estimate of drug-likeness (QED) is 0.620. The smallest absolute Gasteiger partial charge is 0.409 e. The number of piperidine rings is 1. The third-order valence-corrected chi connectivity index (χ3v) is 8.31. The molecule has 33 heavy (non-hydrogen) atoms. The van der Waals surface area contributed by atoms with E-state index in [1.165, 1.54) is 11.4 Å². The fourth-order valence-corrected chi connectivity index (χ4v) is 5.98. The Morgan fingerprint density at radius 2 is 1.64 bits per heavy atom. The van der Waals surface area contributed by atoms with E-state index in [2.05, 4.69) is 0 Å². The van der Waals surface area contributed by atoms with Crippen molar-refractivity contribution >= 4 is 22.0 Å². The summed E-state index contributed by atoms with van der Waals surface area (Å²) in [5.74, 6) is 0.346. The lowest BCUT2D eigenvalue weighted by atomic mass is 9.96. The van der Waals surface area contributed by atoms with Gasteiger partial charge in [-0.1, -0.05) is 19.9 Å². The molecule has 0 spiro atoms. The van der Waals surface area contributed by atoms with Crippen molar-refractivity contribution in [2.24, 2.45) is 5.92 Å². The van der Waals surface area contributed by atoms with Gasteiger partial charge in [0.1, 0.15) is 10.6 Å². The van der Waals surface area contributed by atoms with Crippen LogP contribution in [0.4, 0.5) is 4.79 Å². The first-order valence-corrected chi connectivity index (χ1v) is 13.0. The van der Waals surface area contributed by atoms with Crippen LogP contribution in [0.2, 0.25) is 0 Å². The van der Waals surface area contributed by atoms with Gasteiger partial charge in [0.25, 0.3) is 0 Å². The van der Waals surface area contributed by atoms with Crippen LogP contribution in [0.1, 0.15) is 45.1 Å². The number of methoxy groups -OCH3 is 1. The van der Waals surface area contributed by atoms with E-state index >= 15 is 0 Å². The van der Waals surface area contributed by atoms with Gasteiger partial charge in [-0.15, -0.1) is 0 Å². The highest BCUT2D eigenvalue weighted by Crippen LogP contribution is 2.32. The lowest BCUT2D eigenvalue weighted by molar-refractivity contribution is -0.138. The highest BCUT2D eigenvalue weighted by atomic mass is 32.2. The van der Waals surface area contributed by atoms with Crippen molar-refractivity contribution in [2.45, 2.75) is 44.4 Å². The summed E-state index contributed by atoms with van der Waals surface area (Å²) >= 11 is 0. The lowest BCUT2D eigenvalue weighted by Crippen LogP contribution is -2.53. The Bertz CT molecular complexity index is 949. The van der Waals surface area contributed by atoms with E-state index in [0.717, 1.165) is 5.56 Å². The number of sulfonamides is 1. The van der Waals surface area contributed by atoms with E-state index in [4.69, 9.17) is 9.47 Å². The van der Waals surface area contributed by atoms with Gasteiger partial charge in [-0.3, -0.25) is 4.79 Å². The number of amides is 2. The molecule has 0 radical (unpaired) electrons. The van der Waals surface area contributed by atoms with Crippen LogP contribution in [-0.2, 0) is 19.6 Å². The monoisotopic (exact) mass is 481 g/mol. The predicted octanol–water partition coefficient (Wildman–Crippen LogP) is 2.52. The first kappa shape index (κ1) is 25.3. The second-order valence-corrected chi connectivity index (χ2v) is 10.7. The Morgan fingerprint density at radius 3 is 2.18 bits per heavy atom. The Kier molecular flexibility index (Phi) is 8.23. The minimum Gasteiger partial charge on any atom is -0.495 e. The van der Waals surface area contributed by atoms with E-state index in [1.54, 1.807) is 28.9 Å². The summed E-state index contributed by atoms with van der Waals surface area (Å²) < 4.78 is 38.6.